The molecule has 0 amide bonds. The Hall–Kier alpha value is -3.91. The van der Waals surface area contributed by atoms with Crippen molar-refractivity contribution < 1.29 is 13.5 Å². The number of sulfonamides is 1. The summed E-state index contributed by atoms with van der Waals surface area (Å²) in [6.07, 6.45) is 1.45. The lowest BCUT2D eigenvalue weighted by molar-refractivity contribution is 0.475. The molecule has 0 fully saturated rings. The van der Waals surface area contributed by atoms with Gasteiger partial charge in [-0.2, -0.15) is 0 Å². The van der Waals surface area contributed by atoms with Crippen LogP contribution in [0, 0.1) is 6.92 Å². The zero-order chi connectivity index (χ0) is 21.8. The molecule has 7 nitrogen and oxygen atoms in total. The number of benzene rings is 3. The number of rotatable bonds is 6. The average molecular weight is 433 g/mol. The second-order valence-corrected chi connectivity index (χ2v) is 8.64. The highest BCUT2D eigenvalue weighted by molar-refractivity contribution is 7.92. The van der Waals surface area contributed by atoms with Gasteiger partial charge in [0.25, 0.3) is 10.0 Å². The van der Waals surface area contributed by atoms with Crippen LogP contribution < -0.4 is 10.0 Å². The van der Waals surface area contributed by atoms with Gasteiger partial charge in [0.15, 0.2) is 0 Å². The zero-order valence-electron chi connectivity index (χ0n) is 16.6. The molecule has 0 saturated heterocycles. The molecule has 156 valence electrons. The van der Waals surface area contributed by atoms with Crippen LogP contribution in [0.5, 0.6) is 5.75 Å². The number of hydrogen-bond acceptors (Lipinski definition) is 6. The summed E-state index contributed by atoms with van der Waals surface area (Å²) in [5, 5.41) is 12.6. The van der Waals surface area contributed by atoms with Gasteiger partial charge in [0.2, 0.25) is 0 Å². The number of aryl methyl sites for hydroxylation is 1. The van der Waals surface area contributed by atoms with Gasteiger partial charge < -0.3 is 10.4 Å². The van der Waals surface area contributed by atoms with E-state index in [2.05, 4.69) is 20.0 Å². The summed E-state index contributed by atoms with van der Waals surface area (Å²) >= 11 is 0. The zero-order valence-corrected chi connectivity index (χ0v) is 17.5. The number of hydrogen-bond donors (Lipinski definition) is 3. The molecule has 4 aromatic rings. The van der Waals surface area contributed by atoms with E-state index in [1.165, 1.54) is 6.33 Å². The van der Waals surface area contributed by atoms with E-state index >= 15 is 0 Å². The molecule has 0 saturated carbocycles. The fraction of sp³-hybridized carbons (Fsp3) is 0.0435. The SMILES string of the molecule is Cc1ccc(S(=O)(=O)Nc2ccc(Nc3cc(-c4ccc(O)cc4)ncn3)cc2)cc1. The van der Waals surface area contributed by atoms with Crippen molar-refractivity contribution in [1.29, 1.82) is 0 Å². The molecule has 0 unspecified atom stereocenters. The van der Waals surface area contributed by atoms with Gasteiger partial charge in [-0.3, -0.25) is 4.72 Å². The normalized spacial score (nSPS) is 11.1. The van der Waals surface area contributed by atoms with Gasteiger partial charge in [-0.15, -0.1) is 0 Å². The summed E-state index contributed by atoms with van der Waals surface area (Å²) in [6, 6.07) is 22.1. The molecule has 1 aromatic heterocycles. The summed E-state index contributed by atoms with van der Waals surface area (Å²) in [6.45, 7) is 1.90. The summed E-state index contributed by atoms with van der Waals surface area (Å²) in [4.78, 5) is 8.69. The number of nitrogens with zero attached hydrogens (tertiary/aromatic N) is 2. The first-order valence-electron chi connectivity index (χ1n) is 9.47. The van der Waals surface area contributed by atoms with E-state index in [4.69, 9.17) is 0 Å². The summed E-state index contributed by atoms with van der Waals surface area (Å²) in [7, 11) is -3.65. The molecule has 0 atom stereocenters. The highest BCUT2D eigenvalue weighted by atomic mass is 32.2. The highest BCUT2D eigenvalue weighted by Crippen LogP contribution is 2.24. The monoisotopic (exact) mass is 432 g/mol. The van der Waals surface area contributed by atoms with Crippen molar-refractivity contribution in [3.63, 3.8) is 0 Å². The van der Waals surface area contributed by atoms with Crippen LogP contribution in [0.3, 0.4) is 0 Å². The lowest BCUT2D eigenvalue weighted by Crippen LogP contribution is -2.12. The maximum atomic E-state index is 12.5. The van der Waals surface area contributed by atoms with Crippen LogP contribution in [-0.4, -0.2) is 23.5 Å². The minimum absolute atomic E-state index is 0.189. The van der Waals surface area contributed by atoms with Crippen LogP contribution in [0.4, 0.5) is 17.2 Å². The fourth-order valence-electron chi connectivity index (χ4n) is 2.92. The van der Waals surface area contributed by atoms with E-state index in [9.17, 15) is 13.5 Å². The van der Waals surface area contributed by atoms with Crippen LogP contribution in [0.15, 0.2) is 90.1 Å². The Morgan fingerprint density at radius 1 is 0.806 bits per heavy atom. The molecule has 3 aromatic carbocycles. The van der Waals surface area contributed by atoms with Crippen molar-refractivity contribution >= 4 is 27.2 Å². The largest absolute Gasteiger partial charge is 0.508 e. The van der Waals surface area contributed by atoms with Gasteiger partial charge >= 0.3 is 0 Å². The van der Waals surface area contributed by atoms with E-state index in [0.29, 0.717) is 17.2 Å². The Bertz CT molecular complexity index is 1290. The van der Waals surface area contributed by atoms with Gasteiger partial charge in [0.1, 0.15) is 17.9 Å². The smallest absolute Gasteiger partial charge is 0.261 e. The number of anilines is 3. The number of phenols is 1. The molecule has 0 radical (unpaired) electrons. The van der Waals surface area contributed by atoms with Crippen LogP contribution >= 0.6 is 0 Å². The Kier molecular flexibility index (Phi) is 5.55. The summed E-state index contributed by atoms with van der Waals surface area (Å²) < 4.78 is 27.6. The van der Waals surface area contributed by atoms with Crippen LogP contribution in [0.1, 0.15) is 5.56 Å². The number of nitrogens with one attached hydrogen (secondary N) is 2. The van der Waals surface area contributed by atoms with Gasteiger partial charge in [-0.05, 0) is 67.6 Å². The lowest BCUT2D eigenvalue weighted by Gasteiger charge is -2.10. The van der Waals surface area contributed by atoms with E-state index in [1.54, 1.807) is 78.9 Å². The van der Waals surface area contributed by atoms with E-state index in [1.807, 2.05) is 6.92 Å². The summed E-state index contributed by atoms with van der Waals surface area (Å²) in [5.74, 6) is 0.778. The number of phenolic OH excluding ortho intramolecular Hbond substituents is 1. The molecule has 31 heavy (non-hydrogen) atoms. The molecule has 0 aliphatic rings. The van der Waals surface area contributed by atoms with Crippen molar-refractivity contribution in [2.75, 3.05) is 10.0 Å². The van der Waals surface area contributed by atoms with Gasteiger partial charge in [0.05, 0.1) is 10.6 Å². The van der Waals surface area contributed by atoms with Crippen molar-refractivity contribution in [3.05, 3.63) is 90.8 Å². The van der Waals surface area contributed by atoms with E-state index in [0.717, 1.165) is 16.8 Å². The van der Waals surface area contributed by atoms with Crippen LogP contribution in [-0.2, 0) is 10.0 Å². The Balaban J connectivity index is 1.47. The number of aromatic nitrogens is 2. The van der Waals surface area contributed by atoms with E-state index in [-0.39, 0.29) is 10.6 Å². The average Bonchev–Trinajstić information content (AvgIpc) is 2.76. The molecule has 3 N–H and O–H groups in total. The Morgan fingerprint density at radius 2 is 1.45 bits per heavy atom. The van der Waals surface area contributed by atoms with Crippen LogP contribution in [0.25, 0.3) is 11.3 Å². The second-order valence-electron chi connectivity index (χ2n) is 6.96. The third-order valence-corrected chi connectivity index (χ3v) is 5.97. The van der Waals surface area contributed by atoms with Crippen molar-refractivity contribution in [2.45, 2.75) is 11.8 Å². The van der Waals surface area contributed by atoms with Crippen molar-refractivity contribution in [3.8, 4) is 17.0 Å². The fourth-order valence-corrected chi connectivity index (χ4v) is 3.98. The van der Waals surface area contributed by atoms with Crippen LogP contribution in [0.2, 0.25) is 0 Å². The topological polar surface area (TPSA) is 104 Å². The first-order valence-corrected chi connectivity index (χ1v) is 11.0. The molecular formula is C23H20N4O3S. The van der Waals surface area contributed by atoms with Gasteiger partial charge in [-0.25, -0.2) is 18.4 Å². The maximum absolute atomic E-state index is 12.5. The predicted molar refractivity (Wildman–Crippen MR) is 121 cm³/mol. The maximum Gasteiger partial charge on any atom is 0.261 e. The molecule has 0 aliphatic heterocycles. The molecule has 0 bridgehead atoms. The molecule has 4 rings (SSSR count). The van der Waals surface area contributed by atoms with Gasteiger partial charge in [0, 0.05) is 23.0 Å². The minimum Gasteiger partial charge on any atom is -0.508 e. The Labute approximate surface area is 180 Å². The summed E-state index contributed by atoms with van der Waals surface area (Å²) in [5.41, 5.74) is 3.75. The number of aromatic hydroxyl groups is 1. The first kappa shape index (κ1) is 20.4. The van der Waals surface area contributed by atoms with Crippen molar-refractivity contribution in [1.82, 2.24) is 9.97 Å². The third-order valence-electron chi connectivity index (χ3n) is 4.57. The molecular weight excluding hydrogens is 412 g/mol. The molecule has 0 aliphatic carbocycles. The van der Waals surface area contributed by atoms with E-state index < -0.39 is 10.0 Å². The van der Waals surface area contributed by atoms with Gasteiger partial charge in [-0.1, -0.05) is 17.7 Å². The highest BCUT2D eigenvalue weighted by Gasteiger charge is 2.13. The minimum atomic E-state index is -3.65. The quantitative estimate of drug-likeness (QED) is 0.408. The second kappa shape index (κ2) is 8.45. The standard InChI is InChI=1S/C23H20N4O3S/c1-16-2-12-21(13-3-16)31(29,30)27-19-8-6-18(7-9-19)26-23-14-22(24-15-25-23)17-4-10-20(28)11-5-17/h2-15,27-28H,1H3,(H,24,25,26). The molecule has 0 spiro atoms. The lowest BCUT2D eigenvalue weighted by atomic mass is 10.1. The Morgan fingerprint density at radius 3 is 2.13 bits per heavy atom. The first-order chi connectivity index (χ1) is 14.9. The molecule has 8 heteroatoms. The third kappa shape index (κ3) is 4.99. The molecule has 1 heterocycles. The van der Waals surface area contributed by atoms with Crippen molar-refractivity contribution in [2.24, 2.45) is 0 Å². The predicted octanol–water partition coefficient (Wildman–Crippen LogP) is 4.70.